The molecule has 198 valence electrons. The summed E-state index contributed by atoms with van der Waals surface area (Å²) in [5.41, 5.74) is -9.04. The van der Waals surface area contributed by atoms with Gasteiger partial charge >= 0.3 is 12.4 Å². The molecule has 9 heteroatoms. The third-order valence-corrected chi connectivity index (χ3v) is 6.42. The monoisotopic (exact) mass is 534 g/mol. The van der Waals surface area contributed by atoms with Gasteiger partial charge in [0, 0.05) is 0 Å². The predicted molar refractivity (Wildman–Crippen MR) is 126 cm³/mol. The van der Waals surface area contributed by atoms with Crippen LogP contribution in [0.4, 0.5) is 30.7 Å². The average Bonchev–Trinajstić information content (AvgIpc) is 2.87. The standard InChI is InChI=1S/C29H21F7O2/c1-18-6-2-7-19(14-18)26(37,22-10-5-13-25(30)17-22)27(38,20-8-3-11-23(15-20)28(31,32)33)21-9-4-12-24(16-21)29(34,35)36/h2-17,37-38H,1H3. The van der Waals surface area contributed by atoms with E-state index in [1.807, 2.05) is 0 Å². The Bertz CT molecular complexity index is 1350. The van der Waals surface area contributed by atoms with Crippen LogP contribution in [0, 0.1) is 12.7 Å². The average molecular weight is 534 g/mol. The van der Waals surface area contributed by atoms with Gasteiger partial charge in [-0.1, -0.05) is 66.2 Å². The maximum Gasteiger partial charge on any atom is 0.416 e. The maximum absolute atomic E-state index is 14.4. The second-order valence-corrected chi connectivity index (χ2v) is 8.96. The van der Waals surface area contributed by atoms with Gasteiger partial charge in [0.05, 0.1) is 11.1 Å². The fourth-order valence-electron chi connectivity index (χ4n) is 4.59. The number of hydrogen-bond acceptors (Lipinski definition) is 2. The molecule has 0 aliphatic rings. The van der Waals surface area contributed by atoms with E-state index in [0.717, 1.165) is 48.5 Å². The van der Waals surface area contributed by atoms with Crippen LogP contribution in [0.1, 0.15) is 38.9 Å². The van der Waals surface area contributed by atoms with Crippen molar-refractivity contribution in [1.82, 2.24) is 0 Å². The van der Waals surface area contributed by atoms with Gasteiger partial charge in [0.1, 0.15) is 5.82 Å². The van der Waals surface area contributed by atoms with E-state index in [4.69, 9.17) is 0 Å². The minimum Gasteiger partial charge on any atom is -0.377 e. The molecule has 4 aromatic carbocycles. The lowest BCUT2D eigenvalue weighted by atomic mass is 9.66. The molecule has 0 aliphatic carbocycles. The van der Waals surface area contributed by atoms with Crippen molar-refractivity contribution < 1.29 is 40.9 Å². The zero-order valence-corrected chi connectivity index (χ0v) is 19.8. The molecule has 4 aromatic rings. The second-order valence-electron chi connectivity index (χ2n) is 8.96. The van der Waals surface area contributed by atoms with Gasteiger partial charge in [0.25, 0.3) is 0 Å². The van der Waals surface area contributed by atoms with Gasteiger partial charge in [0.15, 0.2) is 11.2 Å². The second kappa shape index (κ2) is 9.56. The lowest BCUT2D eigenvalue weighted by Gasteiger charge is -2.45. The Morgan fingerprint density at radius 1 is 0.474 bits per heavy atom. The molecule has 0 spiro atoms. The van der Waals surface area contributed by atoms with Crippen LogP contribution in [0.3, 0.4) is 0 Å². The van der Waals surface area contributed by atoms with E-state index in [1.165, 1.54) is 30.3 Å². The number of halogens is 7. The number of alkyl halides is 6. The van der Waals surface area contributed by atoms with Crippen LogP contribution >= 0.6 is 0 Å². The molecular formula is C29H21F7O2. The van der Waals surface area contributed by atoms with Crippen molar-refractivity contribution in [2.75, 3.05) is 0 Å². The summed E-state index contributed by atoms with van der Waals surface area (Å²) in [7, 11) is 0. The van der Waals surface area contributed by atoms with E-state index >= 15 is 0 Å². The maximum atomic E-state index is 14.4. The molecule has 0 aromatic heterocycles. The SMILES string of the molecule is Cc1cccc(C(O)(c2cccc(F)c2)C(O)(c2cccc(C(F)(F)F)c2)c2cccc(C(F)(F)F)c2)c1. The first-order valence-corrected chi connectivity index (χ1v) is 11.3. The summed E-state index contributed by atoms with van der Waals surface area (Å²) in [6, 6.07) is 16.9. The Labute approximate surface area is 213 Å². The van der Waals surface area contributed by atoms with Gasteiger partial charge in [-0.3, -0.25) is 0 Å². The first-order valence-electron chi connectivity index (χ1n) is 11.3. The summed E-state index contributed by atoms with van der Waals surface area (Å²) < 4.78 is 96.5. The highest BCUT2D eigenvalue weighted by Gasteiger charge is 2.55. The molecule has 38 heavy (non-hydrogen) atoms. The van der Waals surface area contributed by atoms with Crippen molar-refractivity contribution in [3.05, 3.63) is 142 Å². The van der Waals surface area contributed by atoms with E-state index < -0.39 is 51.6 Å². The first-order chi connectivity index (χ1) is 17.7. The van der Waals surface area contributed by atoms with Gasteiger partial charge in [-0.2, -0.15) is 26.3 Å². The van der Waals surface area contributed by atoms with Crippen molar-refractivity contribution in [2.45, 2.75) is 30.5 Å². The number of benzene rings is 4. The molecule has 1 unspecified atom stereocenters. The van der Waals surface area contributed by atoms with Gasteiger partial charge in [-0.25, -0.2) is 4.39 Å². The Balaban J connectivity index is 2.17. The van der Waals surface area contributed by atoms with Crippen LogP contribution in [-0.4, -0.2) is 10.2 Å². The van der Waals surface area contributed by atoms with Crippen LogP contribution in [0.2, 0.25) is 0 Å². The molecule has 2 N–H and O–H groups in total. The molecule has 0 fully saturated rings. The highest BCUT2D eigenvalue weighted by atomic mass is 19.4. The lowest BCUT2D eigenvalue weighted by Crippen LogP contribution is -2.51. The van der Waals surface area contributed by atoms with E-state index in [0.29, 0.717) is 17.7 Å². The molecule has 0 heterocycles. The molecule has 0 aliphatic heterocycles. The minimum atomic E-state index is -4.87. The molecule has 0 bridgehead atoms. The molecule has 4 rings (SSSR count). The Morgan fingerprint density at radius 3 is 1.21 bits per heavy atom. The third kappa shape index (κ3) is 4.79. The quantitative estimate of drug-likeness (QED) is 0.263. The molecule has 2 nitrogen and oxygen atoms in total. The topological polar surface area (TPSA) is 40.5 Å². The zero-order valence-electron chi connectivity index (χ0n) is 19.8. The zero-order chi connectivity index (χ0) is 27.9. The van der Waals surface area contributed by atoms with Gasteiger partial charge in [0.2, 0.25) is 0 Å². The first kappa shape index (κ1) is 27.3. The van der Waals surface area contributed by atoms with E-state index in [1.54, 1.807) is 13.0 Å². The largest absolute Gasteiger partial charge is 0.416 e. The summed E-state index contributed by atoms with van der Waals surface area (Å²) >= 11 is 0. The van der Waals surface area contributed by atoms with Crippen LogP contribution in [0.25, 0.3) is 0 Å². The third-order valence-electron chi connectivity index (χ3n) is 6.42. The Kier molecular flexibility index (Phi) is 6.88. The summed E-state index contributed by atoms with van der Waals surface area (Å²) in [4.78, 5) is 0. The molecule has 0 saturated carbocycles. The Morgan fingerprint density at radius 2 is 0.816 bits per heavy atom. The fraction of sp³-hybridized carbons (Fsp3) is 0.172. The molecule has 0 amide bonds. The van der Waals surface area contributed by atoms with Crippen molar-refractivity contribution in [1.29, 1.82) is 0 Å². The highest BCUT2D eigenvalue weighted by molar-refractivity contribution is 5.52. The van der Waals surface area contributed by atoms with E-state index in [2.05, 4.69) is 0 Å². The molecule has 0 saturated heterocycles. The lowest BCUT2D eigenvalue weighted by molar-refractivity contribution is -0.138. The smallest absolute Gasteiger partial charge is 0.377 e. The van der Waals surface area contributed by atoms with Crippen molar-refractivity contribution in [3.63, 3.8) is 0 Å². The summed E-state index contributed by atoms with van der Waals surface area (Å²) in [6.07, 6.45) is -9.74. The number of aryl methyl sites for hydroxylation is 1. The fourth-order valence-corrected chi connectivity index (χ4v) is 4.59. The van der Waals surface area contributed by atoms with Crippen molar-refractivity contribution >= 4 is 0 Å². The molecule has 0 radical (unpaired) electrons. The normalized spacial score (nSPS) is 14.3. The number of aliphatic hydroxyl groups is 2. The van der Waals surface area contributed by atoms with Crippen LogP contribution in [0.15, 0.2) is 97.1 Å². The summed E-state index contributed by atoms with van der Waals surface area (Å²) in [6.45, 7) is 1.64. The van der Waals surface area contributed by atoms with Crippen LogP contribution in [-0.2, 0) is 23.6 Å². The van der Waals surface area contributed by atoms with Gasteiger partial charge < -0.3 is 10.2 Å². The van der Waals surface area contributed by atoms with Crippen molar-refractivity contribution in [3.8, 4) is 0 Å². The van der Waals surface area contributed by atoms with Crippen LogP contribution < -0.4 is 0 Å². The molecular weight excluding hydrogens is 513 g/mol. The highest BCUT2D eigenvalue weighted by Crippen LogP contribution is 2.51. The predicted octanol–water partition coefficient (Wildman–Crippen LogP) is 7.34. The molecule has 1 atom stereocenters. The van der Waals surface area contributed by atoms with E-state index in [9.17, 15) is 40.9 Å². The number of rotatable bonds is 5. The van der Waals surface area contributed by atoms with Gasteiger partial charge in [-0.05, 0) is 65.6 Å². The Hall–Kier alpha value is -3.69. The minimum absolute atomic E-state index is 0.0829. The van der Waals surface area contributed by atoms with Gasteiger partial charge in [-0.15, -0.1) is 0 Å². The summed E-state index contributed by atoms with van der Waals surface area (Å²) in [5.74, 6) is -0.844. The number of hydrogen-bond donors (Lipinski definition) is 2. The summed E-state index contributed by atoms with van der Waals surface area (Å²) in [5, 5.41) is 24.9. The van der Waals surface area contributed by atoms with Crippen molar-refractivity contribution in [2.24, 2.45) is 0 Å². The van der Waals surface area contributed by atoms with Crippen LogP contribution in [0.5, 0.6) is 0 Å². The van der Waals surface area contributed by atoms with E-state index in [-0.39, 0.29) is 11.1 Å².